The molecule has 0 aliphatic carbocycles. The number of thioether (sulfide) groups is 1. The third-order valence-corrected chi connectivity index (χ3v) is 4.50. The maximum atomic E-state index is 9.39. The highest BCUT2D eigenvalue weighted by atomic mass is 32.2. The predicted molar refractivity (Wildman–Crippen MR) is 74.5 cm³/mol. The molecule has 2 rings (SSSR count). The largest absolute Gasteiger partial charge is 0.395 e. The molecule has 2 atom stereocenters. The first-order valence-electron chi connectivity index (χ1n) is 6.34. The average Bonchev–Trinajstić information content (AvgIpc) is 2.89. The molecule has 0 spiro atoms. The molecule has 1 aromatic carbocycles. The normalized spacial score (nSPS) is 21.6. The number of nitrogens with one attached hydrogen (secondary N) is 1. The van der Waals surface area contributed by atoms with Crippen molar-refractivity contribution in [2.24, 2.45) is 5.92 Å². The van der Waals surface area contributed by atoms with E-state index in [1.807, 2.05) is 17.8 Å². The summed E-state index contributed by atoms with van der Waals surface area (Å²) < 4.78 is 0. The topological polar surface area (TPSA) is 32.3 Å². The van der Waals surface area contributed by atoms with Crippen molar-refractivity contribution >= 4 is 11.8 Å². The molecular formula is C14H21NOS. The molecule has 1 heterocycles. The van der Waals surface area contributed by atoms with Gasteiger partial charge in [-0.3, -0.25) is 0 Å². The van der Waals surface area contributed by atoms with Gasteiger partial charge in [-0.05, 0) is 42.4 Å². The summed E-state index contributed by atoms with van der Waals surface area (Å²) in [5, 5.41) is 12.9. The summed E-state index contributed by atoms with van der Waals surface area (Å²) in [6.45, 7) is 1.26. The SMILES string of the molecule is OCC(Cc1ccccc1)NCC1CCSC1. The molecule has 0 radical (unpaired) electrons. The van der Waals surface area contributed by atoms with E-state index in [9.17, 15) is 5.11 Å². The minimum absolute atomic E-state index is 0.197. The van der Waals surface area contributed by atoms with Gasteiger partial charge in [0.05, 0.1) is 6.61 Å². The van der Waals surface area contributed by atoms with Gasteiger partial charge in [0.2, 0.25) is 0 Å². The molecule has 2 unspecified atom stereocenters. The van der Waals surface area contributed by atoms with E-state index in [1.54, 1.807) is 0 Å². The standard InChI is InChI=1S/C14H21NOS/c16-10-14(8-12-4-2-1-3-5-12)15-9-13-6-7-17-11-13/h1-5,13-16H,6-11H2. The van der Waals surface area contributed by atoms with Gasteiger partial charge in [0.25, 0.3) is 0 Å². The molecule has 1 aliphatic heterocycles. The van der Waals surface area contributed by atoms with Gasteiger partial charge in [-0.15, -0.1) is 0 Å². The molecule has 0 bridgehead atoms. The molecule has 0 aromatic heterocycles. The summed E-state index contributed by atoms with van der Waals surface area (Å²) in [5.41, 5.74) is 1.29. The second-order valence-corrected chi connectivity index (χ2v) is 5.86. The third-order valence-electron chi connectivity index (χ3n) is 3.26. The number of hydrogen-bond acceptors (Lipinski definition) is 3. The Bertz CT molecular complexity index is 311. The third kappa shape index (κ3) is 4.34. The zero-order valence-corrected chi connectivity index (χ0v) is 11.0. The highest BCUT2D eigenvalue weighted by Gasteiger charge is 2.17. The van der Waals surface area contributed by atoms with Crippen LogP contribution in [0.15, 0.2) is 30.3 Å². The van der Waals surface area contributed by atoms with Gasteiger partial charge in [-0.2, -0.15) is 11.8 Å². The molecule has 2 N–H and O–H groups in total. The first-order chi connectivity index (χ1) is 8.38. The zero-order valence-electron chi connectivity index (χ0n) is 10.1. The lowest BCUT2D eigenvalue weighted by molar-refractivity contribution is 0.237. The Balaban J connectivity index is 1.76. The number of aliphatic hydroxyl groups excluding tert-OH is 1. The van der Waals surface area contributed by atoms with Gasteiger partial charge >= 0.3 is 0 Å². The van der Waals surface area contributed by atoms with Crippen molar-refractivity contribution in [3.8, 4) is 0 Å². The van der Waals surface area contributed by atoms with E-state index in [1.165, 1.54) is 23.5 Å². The second kappa shape index (κ2) is 7.04. The van der Waals surface area contributed by atoms with Crippen LogP contribution in [0.3, 0.4) is 0 Å². The molecule has 94 valence electrons. The van der Waals surface area contributed by atoms with Crippen LogP contribution in [-0.2, 0) is 6.42 Å². The molecule has 1 fully saturated rings. The Morgan fingerprint density at radius 2 is 2.18 bits per heavy atom. The van der Waals surface area contributed by atoms with E-state index >= 15 is 0 Å². The Morgan fingerprint density at radius 1 is 1.35 bits per heavy atom. The number of benzene rings is 1. The zero-order chi connectivity index (χ0) is 11.9. The monoisotopic (exact) mass is 251 g/mol. The van der Waals surface area contributed by atoms with Crippen molar-refractivity contribution in [1.82, 2.24) is 5.32 Å². The van der Waals surface area contributed by atoms with E-state index in [0.717, 1.165) is 18.9 Å². The Labute approximate surface area is 108 Å². The van der Waals surface area contributed by atoms with E-state index in [0.29, 0.717) is 0 Å². The predicted octanol–water partition coefficient (Wildman–Crippen LogP) is 1.93. The van der Waals surface area contributed by atoms with Crippen molar-refractivity contribution < 1.29 is 5.11 Å². The van der Waals surface area contributed by atoms with E-state index in [2.05, 4.69) is 29.6 Å². The minimum atomic E-state index is 0.197. The lowest BCUT2D eigenvalue weighted by atomic mass is 10.0. The van der Waals surface area contributed by atoms with Crippen LogP contribution in [-0.4, -0.2) is 35.8 Å². The van der Waals surface area contributed by atoms with Crippen LogP contribution in [0.2, 0.25) is 0 Å². The second-order valence-electron chi connectivity index (χ2n) is 4.71. The van der Waals surface area contributed by atoms with Crippen LogP contribution in [0.25, 0.3) is 0 Å². The first kappa shape index (κ1) is 12.9. The van der Waals surface area contributed by atoms with Crippen LogP contribution in [0.4, 0.5) is 0 Å². The fourth-order valence-corrected chi connectivity index (χ4v) is 3.46. The Morgan fingerprint density at radius 3 is 2.82 bits per heavy atom. The highest BCUT2D eigenvalue weighted by Crippen LogP contribution is 2.22. The first-order valence-corrected chi connectivity index (χ1v) is 7.50. The summed E-state index contributed by atoms with van der Waals surface area (Å²) in [5.74, 6) is 3.37. The molecular weight excluding hydrogens is 230 g/mol. The molecule has 0 saturated carbocycles. The molecule has 1 aromatic rings. The van der Waals surface area contributed by atoms with Gasteiger partial charge in [0, 0.05) is 6.04 Å². The molecule has 0 amide bonds. The van der Waals surface area contributed by atoms with Gasteiger partial charge < -0.3 is 10.4 Å². The fourth-order valence-electron chi connectivity index (χ4n) is 2.18. The van der Waals surface area contributed by atoms with E-state index in [4.69, 9.17) is 0 Å². The van der Waals surface area contributed by atoms with Gasteiger partial charge in [0.1, 0.15) is 0 Å². The van der Waals surface area contributed by atoms with Crippen LogP contribution >= 0.6 is 11.8 Å². The van der Waals surface area contributed by atoms with Gasteiger partial charge in [-0.25, -0.2) is 0 Å². The van der Waals surface area contributed by atoms with Crippen LogP contribution in [0.5, 0.6) is 0 Å². The maximum absolute atomic E-state index is 9.39. The van der Waals surface area contributed by atoms with E-state index in [-0.39, 0.29) is 12.6 Å². The molecule has 3 heteroatoms. The lowest BCUT2D eigenvalue weighted by Crippen LogP contribution is -2.37. The molecule has 1 saturated heterocycles. The lowest BCUT2D eigenvalue weighted by Gasteiger charge is -2.18. The smallest absolute Gasteiger partial charge is 0.0587 e. The van der Waals surface area contributed by atoms with Crippen molar-refractivity contribution in [1.29, 1.82) is 0 Å². The molecule has 2 nitrogen and oxygen atoms in total. The van der Waals surface area contributed by atoms with Crippen molar-refractivity contribution in [3.63, 3.8) is 0 Å². The Kier molecular flexibility index (Phi) is 5.36. The highest BCUT2D eigenvalue weighted by molar-refractivity contribution is 7.99. The summed E-state index contributed by atoms with van der Waals surface area (Å²) >= 11 is 2.04. The minimum Gasteiger partial charge on any atom is -0.395 e. The molecule has 17 heavy (non-hydrogen) atoms. The summed E-state index contributed by atoms with van der Waals surface area (Å²) in [6.07, 6.45) is 2.23. The van der Waals surface area contributed by atoms with Crippen LogP contribution in [0, 0.1) is 5.92 Å². The van der Waals surface area contributed by atoms with E-state index < -0.39 is 0 Å². The summed E-state index contributed by atoms with van der Waals surface area (Å²) in [4.78, 5) is 0. The summed E-state index contributed by atoms with van der Waals surface area (Å²) in [7, 11) is 0. The van der Waals surface area contributed by atoms with Gasteiger partial charge in [-0.1, -0.05) is 30.3 Å². The summed E-state index contributed by atoms with van der Waals surface area (Å²) in [6, 6.07) is 10.6. The Hall–Kier alpha value is -0.510. The van der Waals surface area contributed by atoms with Crippen LogP contribution in [0.1, 0.15) is 12.0 Å². The van der Waals surface area contributed by atoms with Crippen molar-refractivity contribution in [2.45, 2.75) is 18.9 Å². The van der Waals surface area contributed by atoms with Gasteiger partial charge in [0.15, 0.2) is 0 Å². The number of hydrogen-bond donors (Lipinski definition) is 2. The number of aliphatic hydroxyl groups is 1. The number of rotatable bonds is 6. The fraction of sp³-hybridized carbons (Fsp3) is 0.571. The molecule has 1 aliphatic rings. The maximum Gasteiger partial charge on any atom is 0.0587 e. The van der Waals surface area contributed by atoms with Crippen molar-refractivity contribution in [3.05, 3.63) is 35.9 Å². The van der Waals surface area contributed by atoms with Crippen LogP contribution < -0.4 is 5.32 Å². The quantitative estimate of drug-likeness (QED) is 0.810. The van der Waals surface area contributed by atoms with Crippen molar-refractivity contribution in [2.75, 3.05) is 24.7 Å². The average molecular weight is 251 g/mol.